The van der Waals surface area contributed by atoms with E-state index in [0.29, 0.717) is 16.5 Å². The highest BCUT2D eigenvalue weighted by molar-refractivity contribution is 7.14. The van der Waals surface area contributed by atoms with E-state index < -0.39 is 11.7 Å². The van der Waals surface area contributed by atoms with E-state index in [1.165, 1.54) is 34.3 Å². The molecule has 4 aromatic rings. The van der Waals surface area contributed by atoms with Crippen LogP contribution in [0.5, 0.6) is 0 Å². The SMILES string of the molecule is CC(C)(C)c1ccnc(-c2csc(NC(=O)c3cnnn3-c3cccc(F)c3)n2)c1. The topological polar surface area (TPSA) is 85.6 Å². The lowest BCUT2D eigenvalue weighted by Gasteiger charge is -2.18. The first-order chi connectivity index (χ1) is 14.3. The number of pyridine rings is 1. The van der Waals surface area contributed by atoms with E-state index >= 15 is 0 Å². The average molecular weight is 422 g/mol. The Hall–Kier alpha value is -3.46. The monoisotopic (exact) mass is 422 g/mol. The summed E-state index contributed by atoms with van der Waals surface area (Å²) < 4.78 is 14.8. The second-order valence-electron chi connectivity index (χ2n) is 7.68. The average Bonchev–Trinajstić information content (AvgIpc) is 3.37. The van der Waals surface area contributed by atoms with Crippen LogP contribution in [0.3, 0.4) is 0 Å². The van der Waals surface area contributed by atoms with Gasteiger partial charge in [-0.2, -0.15) is 0 Å². The normalized spacial score (nSPS) is 11.5. The Morgan fingerprint density at radius 3 is 2.77 bits per heavy atom. The zero-order chi connectivity index (χ0) is 21.3. The van der Waals surface area contributed by atoms with Crippen molar-refractivity contribution in [3.63, 3.8) is 0 Å². The minimum absolute atomic E-state index is 0.00687. The quantitative estimate of drug-likeness (QED) is 0.524. The number of benzene rings is 1. The molecule has 3 aromatic heterocycles. The van der Waals surface area contributed by atoms with Gasteiger partial charge in [0.2, 0.25) is 0 Å². The van der Waals surface area contributed by atoms with Gasteiger partial charge in [0.05, 0.1) is 17.6 Å². The molecule has 0 atom stereocenters. The summed E-state index contributed by atoms with van der Waals surface area (Å²) in [6.07, 6.45) is 3.08. The first kappa shape index (κ1) is 19.8. The predicted molar refractivity (Wildman–Crippen MR) is 113 cm³/mol. The second-order valence-corrected chi connectivity index (χ2v) is 8.54. The van der Waals surface area contributed by atoms with Crippen molar-refractivity contribution in [1.82, 2.24) is 25.0 Å². The fourth-order valence-electron chi connectivity index (χ4n) is 2.84. The number of aromatic nitrogens is 5. The van der Waals surface area contributed by atoms with Crippen molar-refractivity contribution in [2.24, 2.45) is 0 Å². The third-order valence-corrected chi connectivity index (χ3v) is 5.21. The number of hydrogen-bond donors (Lipinski definition) is 1. The van der Waals surface area contributed by atoms with Gasteiger partial charge in [-0.15, -0.1) is 16.4 Å². The van der Waals surface area contributed by atoms with Crippen LogP contribution in [0.15, 0.2) is 54.2 Å². The minimum Gasteiger partial charge on any atom is -0.296 e. The number of rotatable bonds is 4. The van der Waals surface area contributed by atoms with E-state index in [0.717, 1.165) is 11.3 Å². The molecule has 4 rings (SSSR count). The molecular weight excluding hydrogens is 403 g/mol. The summed E-state index contributed by atoms with van der Waals surface area (Å²) in [5.41, 5.74) is 3.14. The van der Waals surface area contributed by atoms with Gasteiger partial charge in [-0.25, -0.2) is 14.1 Å². The van der Waals surface area contributed by atoms with Gasteiger partial charge in [0.15, 0.2) is 10.8 Å². The number of nitrogens with one attached hydrogen (secondary N) is 1. The Morgan fingerprint density at radius 1 is 1.17 bits per heavy atom. The van der Waals surface area contributed by atoms with Crippen LogP contribution in [-0.4, -0.2) is 30.9 Å². The van der Waals surface area contributed by atoms with Gasteiger partial charge in [0, 0.05) is 11.6 Å². The third-order valence-electron chi connectivity index (χ3n) is 4.45. The molecule has 152 valence electrons. The molecule has 0 spiro atoms. The molecule has 7 nitrogen and oxygen atoms in total. The number of carbonyl (C=O) groups excluding carboxylic acids is 1. The van der Waals surface area contributed by atoms with Crippen LogP contribution in [0.1, 0.15) is 36.8 Å². The Kier molecular flexibility index (Phi) is 5.13. The second kappa shape index (κ2) is 7.75. The molecule has 0 aliphatic rings. The van der Waals surface area contributed by atoms with Gasteiger partial charge in [0.1, 0.15) is 11.5 Å². The lowest BCUT2D eigenvalue weighted by atomic mass is 9.87. The lowest BCUT2D eigenvalue weighted by Crippen LogP contribution is -2.17. The summed E-state index contributed by atoms with van der Waals surface area (Å²) >= 11 is 1.29. The maximum absolute atomic E-state index is 13.5. The van der Waals surface area contributed by atoms with E-state index in [-0.39, 0.29) is 11.1 Å². The highest BCUT2D eigenvalue weighted by Crippen LogP contribution is 2.28. The van der Waals surface area contributed by atoms with Crippen LogP contribution in [0.2, 0.25) is 0 Å². The molecule has 1 N–H and O–H groups in total. The zero-order valence-corrected chi connectivity index (χ0v) is 17.4. The van der Waals surface area contributed by atoms with Gasteiger partial charge in [-0.05, 0) is 41.3 Å². The molecule has 0 radical (unpaired) electrons. The van der Waals surface area contributed by atoms with Crippen LogP contribution in [0.4, 0.5) is 9.52 Å². The van der Waals surface area contributed by atoms with Crippen molar-refractivity contribution in [2.75, 3.05) is 5.32 Å². The fourth-order valence-corrected chi connectivity index (χ4v) is 3.53. The standard InChI is InChI=1S/C21H19FN6OS/c1-21(2,3)13-7-8-23-16(9-13)17-12-30-20(25-17)26-19(29)18-11-24-27-28(18)15-6-4-5-14(22)10-15/h4-12H,1-3H3,(H,25,26,29). The summed E-state index contributed by atoms with van der Waals surface area (Å²) in [6, 6.07) is 9.77. The van der Waals surface area contributed by atoms with Crippen molar-refractivity contribution in [3.8, 4) is 17.1 Å². The molecule has 30 heavy (non-hydrogen) atoms. The van der Waals surface area contributed by atoms with Gasteiger partial charge in [-0.3, -0.25) is 15.1 Å². The maximum atomic E-state index is 13.5. The number of thiazole rings is 1. The molecule has 0 fully saturated rings. The highest BCUT2D eigenvalue weighted by atomic mass is 32.1. The van der Waals surface area contributed by atoms with Crippen molar-refractivity contribution < 1.29 is 9.18 Å². The predicted octanol–water partition coefficient (Wildman–Crippen LogP) is 4.47. The summed E-state index contributed by atoms with van der Waals surface area (Å²) in [7, 11) is 0. The summed E-state index contributed by atoms with van der Waals surface area (Å²) in [4.78, 5) is 21.6. The van der Waals surface area contributed by atoms with Crippen LogP contribution >= 0.6 is 11.3 Å². The highest BCUT2D eigenvalue weighted by Gasteiger charge is 2.18. The van der Waals surface area contributed by atoms with E-state index in [4.69, 9.17) is 0 Å². The Labute approximate surface area is 176 Å². The first-order valence-corrected chi connectivity index (χ1v) is 10.1. The molecule has 1 amide bonds. The fraction of sp³-hybridized carbons (Fsp3) is 0.190. The Morgan fingerprint density at radius 2 is 2.00 bits per heavy atom. The van der Waals surface area contributed by atoms with Gasteiger partial charge in [0.25, 0.3) is 5.91 Å². The van der Waals surface area contributed by atoms with E-state index in [2.05, 4.69) is 46.4 Å². The molecule has 0 bridgehead atoms. The molecule has 0 aliphatic carbocycles. The molecule has 0 aliphatic heterocycles. The number of carbonyl (C=O) groups is 1. The summed E-state index contributed by atoms with van der Waals surface area (Å²) in [5, 5.41) is 12.7. The largest absolute Gasteiger partial charge is 0.296 e. The molecule has 0 saturated carbocycles. The number of anilines is 1. The molecule has 0 unspecified atom stereocenters. The number of halogens is 1. The zero-order valence-electron chi connectivity index (χ0n) is 16.6. The smallest absolute Gasteiger partial charge is 0.277 e. The Bertz CT molecular complexity index is 1210. The van der Waals surface area contributed by atoms with Gasteiger partial charge >= 0.3 is 0 Å². The van der Waals surface area contributed by atoms with Crippen molar-refractivity contribution in [3.05, 3.63) is 71.2 Å². The minimum atomic E-state index is -0.443. The Balaban J connectivity index is 1.56. The number of amides is 1. The van der Waals surface area contributed by atoms with Crippen molar-refractivity contribution in [1.29, 1.82) is 0 Å². The third kappa shape index (κ3) is 4.11. The molecule has 0 saturated heterocycles. The van der Waals surface area contributed by atoms with Crippen LogP contribution in [-0.2, 0) is 5.41 Å². The van der Waals surface area contributed by atoms with Gasteiger partial charge < -0.3 is 0 Å². The summed E-state index contributed by atoms with van der Waals surface area (Å²) in [5.74, 6) is -0.870. The number of hydrogen-bond acceptors (Lipinski definition) is 6. The molecular formula is C21H19FN6OS. The van der Waals surface area contributed by atoms with E-state index in [1.54, 1.807) is 18.3 Å². The van der Waals surface area contributed by atoms with Gasteiger partial charge in [-0.1, -0.05) is 32.1 Å². The molecule has 1 aromatic carbocycles. The van der Waals surface area contributed by atoms with E-state index in [9.17, 15) is 9.18 Å². The lowest BCUT2D eigenvalue weighted by molar-refractivity contribution is 0.101. The molecule has 9 heteroatoms. The van der Waals surface area contributed by atoms with Crippen LogP contribution < -0.4 is 5.32 Å². The van der Waals surface area contributed by atoms with E-state index in [1.807, 2.05) is 17.5 Å². The molecule has 3 heterocycles. The number of nitrogens with zero attached hydrogens (tertiary/aromatic N) is 5. The van der Waals surface area contributed by atoms with Crippen molar-refractivity contribution >= 4 is 22.4 Å². The van der Waals surface area contributed by atoms with Crippen LogP contribution in [0.25, 0.3) is 17.1 Å². The van der Waals surface area contributed by atoms with Crippen LogP contribution in [0, 0.1) is 5.82 Å². The summed E-state index contributed by atoms with van der Waals surface area (Å²) in [6.45, 7) is 6.40. The maximum Gasteiger partial charge on any atom is 0.277 e. The first-order valence-electron chi connectivity index (χ1n) is 9.22. The van der Waals surface area contributed by atoms with Crippen molar-refractivity contribution in [2.45, 2.75) is 26.2 Å².